The minimum Gasteiger partial charge on any atom is -0.342 e. The standard InChI is InChI=1S/C16H20N4/c17-10-4-2-1-3-5-16-19-12-15(20-16)14-8-6-13(11-18)7-9-14/h6-9,12H,1-5,10,17H2,(H,19,20). The number of aryl methyl sites for hydroxylation is 1. The monoisotopic (exact) mass is 268 g/mol. The smallest absolute Gasteiger partial charge is 0.106 e. The van der Waals surface area contributed by atoms with Crippen LogP contribution in [-0.2, 0) is 6.42 Å². The van der Waals surface area contributed by atoms with Crippen LogP contribution in [-0.4, -0.2) is 16.5 Å². The van der Waals surface area contributed by atoms with Gasteiger partial charge in [-0.25, -0.2) is 4.98 Å². The Bertz CT molecular complexity index is 563. The van der Waals surface area contributed by atoms with E-state index in [1.165, 1.54) is 12.8 Å². The van der Waals surface area contributed by atoms with Gasteiger partial charge in [0.05, 0.1) is 23.5 Å². The maximum Gasteiger partial charge on any atom is 0.106 e. The zero-order chi connectivity index (χ0) is 14.2. The van der Waals surface area contributed by atoms with Gasteiger partial charge in [0.15, 0.2) is 0 Å². The summed E-state index contributed by atoms with van der Waals surface area (Å²) in [4.78, 5) is 7.75. The Kier molecular flexibility index (Phi) is 5.33. The van der Waals surface area contributed by atoms with Crippen LogP contribution in [0.2, 0.25) is 0 Å². The molecule has 0 aliphatic carbocycles. The Balaban J connectivity index is 1.89. The van der Waals surface area contributed by atoms with Crippen molar-refractivity contribution in [3.05, 3.63) is 41.9 Å². The normalized spacial score (nSPS) is 10.4. The first-order chi connectivity index (χ1) is 9.83. The van der Waals surface area contributed by atoms with E-state index in [9.17, 15) is 0 Å². The maximum atomic E-state index is 8.78. The number of aromatic amines is 1. The zero-order valence-electron chi connectivity index (χ0n) is 11.6. The van der Waals surface area contributed by atoms with E-state index < -0.39 is 0 Å². The van der Waals surface area contributed by atoms with Crippen molar-refractivity contribution in [1.29, 1.82) is 5.26 Å². The minimum atomic E-state index is 0.674. The second kappa shape index (κ2) is 7.46. The highest BCUT2D eigenvalue weighted by Crippen LogP contribution is 2.18. The van der Waals surface area contributed by atoms with Crippen molar-refractivity contribution in [1.82, 2.24) is 9.97 Å². The van der Waals surface area contributed by atoms with E-state index in [0.29, 0.717) is 5.56 Å². The van der Waals surface area contributed by atoms with Gasteiger partial charge in [0.2, 0.25) is 0 Å². The van der Waals surface area contributed by atoms with Crippen molar-refractivity contribution in [2.75, 3.05) is 6.54 Å². The molecular formula is C16H20N4. The number of aromatic nitrogens is 2. The highest BCUT2D eigenvalue weighted by atomic mass is 14.9. The van der Waals surface area contributed by atoms with Crippen LogP contribution in [0.5, 0.6) is 0 Å². The molecule has 0 amide bonds. The van der Waals surface area contributed by atoms with E-state index in [1.54, 1.807) is 0 Å². The lowest BCUT2D eigenvalue weighted by Gasteiger charge is -1.99. The van der Waals surface area contributed by atoms with Gasteiger partial charge in [-0.1, -0.05) is 25.0 Å². The fraction of sp³-hybridized carbons (Fsp3) is 0.375. The molecule has 2 aromatic rings. The fourth-order valence-electron chi connectivity index (χ4n) is 2.15. The Labute approximate surface area is 119 Å². The van der Waals surface area contributed by atoms with Crippen molar-refractivity contribution >= 4 is 0 Å². The summed E-state index contributed by atoms with van der Waals surface area (Å²) < 4.78 is 0. The molecule has 20 heavy (non-hydrogen) atoms. The van der Waals surface area contributed by atoms with Crippen LogP contribution in [0.3, 0.4) is 0 Å². The highest BCUT2D eigenvalue weighted by molar-refractivity contribution is 5.59. The molecule has 0 spiro atoms. The van der Waals surface area contributed by atoms with Gasteiger partial charge < -0.3 is 10.7 Å². The number of nitrogens with zero attached hydrogens (tertiary/aromatic N) is 2. The summed E-state index contributed by atoms with van der Waals surface area (Å²) in [6.07, 6.45) is 7.47. The minimum absolute atomic E-state index is 0.674. The number of hydrogen-bond donors (Lipinski definition) is 2. The molecule has 4 heteroatoms. The lowest BCUT2D eigenvalue weighted by atomic mass is 10.1. The lowest BCUT2D eigenvalue weighted by Crippen LogP contribution is -1.98. The van der Waals surface area contributed by atoms with Crippen molar-refractivity contribution < 1.29 is 0 Å². The molecule has 3 N–H and O–H groups in total. The number of rotatable bonds is 7. The summed E-state index contributed by atoms with van der Waals surface area (Å²) in [7, 11) is 0. The summed E-state index contributed by atoms with van der Waals surface area (Å²) in [5.41, 5.74) is 8.21. The molecular weight excluding hydrogens is 248 g/mol. The van der Waals surface area contributed by atoms with E-state index in [1.807, 2.05) is 30.5 Å². The van der Waals surface area contributed by atoms with E-state index in [2.05, 4.69) is 16.0 Å². The molecule has 1 aromatic carbocycles. The molecule has 0 aliphatic rings. The molecule has 0 fully saturated rings. The van der Waals surface area contributed by atoms with Crippen LogP contribution < -0.4 is 5.73 Å². The molecule has 2 rings (SSSR count). The molecule has 4 nitrogen and oxygen atoms in total. The average Bonchev–Trinajstić information content (AvgIpc) is 2.96. The Morgan fingerprint density at radius 3 is 2.55 bits per heavy atom. The summed E-state index contributed by atoms with van der Waals surface area (Å²) in [5, 5.41) is 8.78. The predicted molar refractivity (Wildman–Crippen MR) is 80.0 cm³/mol. The molecule has 0 aliphatic heterocycles. The van der Waals surface area contributed by atoms with Gasteiger partial charge in [-0.3, -0.25) is 0 Å². The highest BCUT2D eigenvalue weighted by Gasteiger charge is 2.03. The molecule has 1 aromatic heterocycles. The number of nitriles is 1. The summed E-state index contributed by atoms with van der Waals surface area (Å²) >= 11 is 0. The van der Waals surface area contributed by atoms with Gasteiger partial charge in [-0.2, -0.15) is 5.26 Å². The summed E-state index contributed by atoms with van der Waals surface area (Å²) in [5.74, 6) is 1.03. The van der Waals surface area contributed by atoms with Crippen molar-refractivity contribution in [2.45, 2.75) is 32.1 Å². The van der Waals surface area contributed by atoms with Crippen LogP contribution in [0.4, 0.5) is 0 Å². The lowest BCUT2D eigenvalue weighted by molar-refractivity contribution is 0.638. The first-order valence-corrected chi connectivity index (χ1v) is 7.08. The third-order valence-electron chi connectivity index (χ3n) is 3.32. The summed E-state index contributed by atoms with van der Waals surface area (Å²) in [6, 6.07) is 9.65. The number of imidazole rings is 1. The molecule has 0 unspecified atom stereocenters. The Morgan fingerprint density at radius 2 is 1.85 bits per heavy atom. The van der Waals surface area contributed by atoms with Crippen LogP contribution in [0.1, 0.15) is 37.1 Å². The first-order valence-electron chi connectivity index (χ1n) is 7.08. The number of unbranched alkanes of at least 4 members (excludes halogenated alkanes) is 3. The van der Waals surface area contributed by atoms with Crippen molar-refractivity contribution in [2.24, 2.45) is 5.73 Å². The second-order valence-corrected chi connectivity index (χ2v) is 4.89. The Morgan fingerprint density at radius 1 is 1.10 bits per heavy atom. The number of benzene rings is 1. The third kappa shape index (κ3) is 3.94. The fourth-order valence-corrected chi connectivity index (χ4v) is 2.15. The molecule has 0 saturated carbocycles. The van der Waals surface area contributed by atoms with E-state index in [4.69, 9.17) is 11.0 Å². The molecule has 0 saturated heterocycles. The molecule has 1 heterocycles. The third-order valence-corrected chi connectivity index (χ3v) is 3.32. The largest absolute Gasteiger partial charge is 0.342 e. The quantitative estimate of drug-likeness (QED) is 0.758. The van der Waals surface area contributed by atoms with Gasteiger partial charge in [0.1, 0.15) is 5.82 Å². The van der Waals surface area contributed by atoms with Crippen LogP contribution in [0.25, 0.3) is 11.3 Å². The topological polar surface area (TPSA) is 78.5 Å². The molecule has 0 atom stereocenters. The Hall–Kier alpha value is -2.12. The zero-order valence-corrected chi connectivity index (χ0v) is 11.6. The summed E-state index contributed by atoms with van der Waals surface area (Å²) in [6.45, 7) is 0.781. The second-order valence-electron chi connectivity index (χ2n) is 4.89. The number of H-pyrrole nitrogens is 1. The first kappa shape index (κ1) is 14.3. The van der Waals surface area contributed by atoms with Gasteiger partial charge in [-0.05, 0) is 37.1 Å². The van der Waals surface area contributed by atoms with Gasteiger partial charge in [0, 0.05) is 6.42 Å². The van der Waals surface area contributed by atoms with Crippen LogP contribution in [0, 0.1) is 11.3 Å². The average molecular weight is 268 g/mol. The van der Waals surface area contributed by atoms with E-state index in [-0.39, 0.29) is 0 Å². The molecule has 0 radical (unpaired) electrons. The SMILES string of the molecule is N#Cc1ccc(-c2cnc(CCCCCCN)[nH]2)cc1. The van der Waals surface area contributed by atoms with Gasteiger partial charge in [-0.15, -0.1) is 0 Å². The van der Waals surface area contributed by atoms with Crippen LogP contribution in [0.15, 0.2) is 30.5 Å². The van der Waals surface area contributed by atoms with Gasteiger partial charge >= 0.3 is 0 Å². The number of nitrogens with one attached hydrogen (secondary N) is 1. The van der Waals surface area contributed by atoms with Crippen molar-refractivity contribution in [3.63, 3.8) is 0 Å². The van der Waals surface area contributed by atoms with Crippen LogP contribution >= 0.6 is 0 Å². The number of nitrogens with two attached hydrogens (primary N) is 1. The number of hydrogen-bond acceptors (Lipinski definition) is 3. The van der Waals surface area contributed by atoms with E-state index in [0.717, 1.165) is 42.9 Å². The van der Waals surface area contributed by atoms with Crippen molar-refractivity contribution in [3.8, 4) is 17.3 Å². The van der Waals surface area contributed by atoms with Gasteiger partial charge in [0.25, 0.3) is 0 Å². The van der Waals surface area contributed by atoms with E-state index >= 15 is 0 Å². The maximum absolute atomic E-state index is 8.78. The predicted octanol–water partition coefficient (Wildman–Crippen LogP) is 3.01. The molecule has 0 bridgehead atoms. The molecule has 104 valence electrons.